The van der Waals surface area contributed by atoms with Crippen molar-refractivity contribution in [2.75, 3.05) is 5.32 Å². The summed E-state index contributed by atoms with van der Waals surface area (Å²) in [5, 5.41) is 3.53. The smallest absolute Gasteiger partial charge is 0.254 e. The van der Waals surface area contributed by atoms with Crippen LogP contribution >= 0.6 is 0 Å². The molecule has 0 aliphatic rings. The van der Waals surface area contributed by atoms with Crippen molar-refractivity contribution in [1.29, 1.82) is 0 Å². The van der Waals surface area contributed by atoms with Gasteiger partial charge in [-0.2, -0.15) is 0 Å². The molecule has 0 spiro atoms. The van der Waals surface area contributed by atoms with Crippen molar-refractivity contribution < 1.29 is 9.59 Å². The standard InChI is InChI=1S/C19H17N3O3/c1-12-10-13-6-2-5-9-16(13)22(19(12)25)11-17(23)21-15-8-4-3-7-14(15)18(20)24/h2-10H,11H2,1H3,(H2,20,24)(H,21,23). The van der Waals surface area contributed by atoms with Crippen LogP contribution in [-0.2, 0) is 11.3 Å². The van der Waals surface area contributed by atoms with Gasteiger partial charge in [-0.25, -0.2) is 0 Å². The van der Waals surface area contributed by atoms with E-state index in [0.29, 0.717) is 16.8 Å². The number of anilines is 1. The molecule has 1 aromatic heterocycles. The monoisotopic (exact) mass is 335 g/mol. The Hall–Kier alpha value is -3.41. The number of carbonyl (C=O) groups is 2. The zero-order chi connectivity index (χ0) is 18.0. The van der Waals surface area contributed by atoms with Crippen molar-refractivity contribution in [2.24, 2.45) is 5.73 Å². The number of hydrogen-bond acceptors (Lipinski definition) is 3. The number of amides is 2. The van der Waals surface area contributed by atoms with Crippen LogP contribution in [-0.4, -0.2) is 16.4 Å². The van der Waals surface area contributed by atoms with Gasteiger partial charge in [-0.1, -0.05) is 30.3 Å². The van der Waals surface area contributed by atoms with Crippen LogP contribution in [0.25, 0.3) is 10.9 Å². The van der Waals surface area contributed by atoms with Crippen molar-refractivity contribution in [2.45, 2.75) is 13.5 Å². The van der Waals surface area contributed by atoms with Gasteiger partial charge in [0.1, 0.15) is 6.54 Å². The van der Waals surface area contributed by atoms with Crippen LogP contribution in [0.2, 0.25) is 0 Å². The molecule has 0 saturated heterocycles. The molecule has 3 aromatic rings. The first kappa shape index (κ1) is 16.4. The van der Waals surface area contributed by atoms with E-state index in [1.807, 2.05) is 18.2 Å². The second-order valence-corrected chi connectivity index (χ2v) is 5.74. The number of aromatic nitrogens is 1. The number of rotatable bonds is 4. The fourth-order valence-corrected chi connectivity index (χ4v) is 2.77. The summed E-state index contributed by atoms with van der Waals surface area (Å²) in [5.41, 5.74) is 6.87. The molecule has 0 bridgehead atoms. The molecule has 126 valence electrons. The fourth-order valence-electron chi connectivity index (χ4n) is 2.77. The van der Waals surface area contributed by atoms with Gasteiger partial charge in [-0.15, -0.1) is 0 Å². The molecule has 6 heteroatoms. The number of nitrogens with zero attached hydrogens (tertiary/aromatic N) is 1. The van der Waals surface area contributed by atoms with Gasteiger partial charge >= 0.3 is 0 Å². The van der Waals surface area contributed by atoms with Crippen molar-refractivity contribution in [3.8, 4) is 0 Å². The van der Waals surface area contributed by atoms with E-state index < -0.39 is 11.8 Å². The van der Waals surface area contributed by atoms with Gasteiger partial charge < -0.3 is 11.1 Å². The molecular weight excluding hydrogens is 318 g/mol. The van der Waals surface area contributed by atoms with Crippen LogP contribution < -0.4 is 16.6 Å². The molecule has 6 nitrogen and oxygen atoms in total. The minimum atomic E-state index is -0.630. The van der Waals surface area contributed by atoms with Crippen LogP contribution in [0.4, 0.5) is 5.69 Å². The van der Waals surface area contributed by atoms with E-state index >= 15 is 0 Å². The second kappa shape index (κ2) is 6.60. The Balaban J connectivity index is 1.95. The van der Waals surface area contributed by atoms with Crippen molar-refractivity contribution >= 4 is 28.4 Å². The van der Waals surface area contributed by atoms with Crippen LogP contribution in [0, 0.1) is 6.92 Å². The van der Waals surface area contributed by atoms with E-state index in [-0.39, 0.29) is 17.7 Å². The zero-order valence-electron chi connectivity index (χ0n) is 13.7. The van der Waals surface area contributed by atoms with Gasteiger partial charge in [0, 0.05) is 5.56 Å². The molecular formula is C19H17N3O3. The lowest BCUT2D eigenvalue weighted by molar-refractivity contribution is -0.116. The number of fused-ring (bicyclic) bond motifs is 1. The lowest BCUT2D eigenvalue weighted by Gasteiger charge is -2.13. The third-order valence-electron chi connectivity index (χ3n) is 3.95. The first-order valence-corrected chi connectivity index (χ1v) is 7.75. The highest BCUT2D eigenvalue weighted by molar-refractivity contribution is 6.03. The number of hydrogen-bond donors (Lipinski definition) is 2. The van der Waals surface area contributed by atoms with E-state index in [1.165, 1.54) is 10.6 Å². The average molecular weight is 335 g/mol. The third-order valence-corrected chi connectivity index (χ3v) is 3.95. The van der Waals surface area contributed by atoms with Gasteiger partial charge in [0.25, 0.3) is 11.5 Å². The number of para-hydroxylation sites is 2. The number of pyridine rings is 1. The van der Waals surface area contributed by atoms with Crippen LogP contribution in [0.5, 0.6) is 0 Å². The summed E-state index contributed by atoms with van der Waals surface area (Å²) >= 11 is 0. The highest BCUT2D eigenvalue weighted by atomic mass is 16.2. The largest absolute Gasteiger partial charge is 0.366 e. The molecule has 2 amide bonds. The summed E-state index contributed by atoms with van der Waals surface area (Å²) in [5.74, 6) is -1.04. The maximum atomic E-state index is 12.5. The number of primary amides is 1. The number of nitrogens with one attached hydrogen (secondary N) is 1. The summed E-state index contributed by atoms with van der Waals surface area (Å²) in [6.07, 6.45) is 0. The predicted octanol–water partition coefficient (Wildman–Crippen LogP) is 2.05. The summed E-state index contributed by atoms with van der Waals surface area (Å²) in [4.78, 5) is 36.3. The molecule has 0 aliphatic carbocycles. The molecule has 0 unspecified atom stereocenters. The highest BCUT2D eigenvalue weighted by Gasteiger charge is 2.13. The molecule has 0 saturated carbocycles. The quantitative estimate of drug-likeness (QED) is 0.764. The SMILES string of the molecule is Cc1cc2ccccc2n(CC(=O)Nc2ccccc2C(N)=O)c1=O. The Bertz CT molecular complexity index is 1040. The Labute approximate surface area is 143 Å². The summed E-state index contributed by atoms with van der Waals surface area (Å²) in [7, 11) is 0. The van der Waals surface area contributed by atoms with Crippen LogP contribution in [0.3, 0.4) is 0 Å². The van der Waals surface area contributed by atoms with Gasteiger partial charge in [0.05, 0.1) is 16.8 Å². The molecule has 0 fully saturated rings. The molecule has 3 rings (SSSR count). The summed E-state index contributed by atoms with van der Waals surface area (Å²) in [6.45, 7) is 1.56. The Morgan fingerprint density at radius 3 is 2.52 bits per heavy atom. The highest BCUT2D eigenvalue weighted by Crippen LogP contribution is 2.16. The van der Waals surface area contributed by atoms with E-state index in [2.05, 4.69) is 5.32 Å². The van der Waals surface area contributed by atoms with Gasteiger partial charge in [-0.3, -0.25) is 19.0 Å². The maximum Gasteiger partial charge on any atom is 0.254 e. The lowest BCUT2D eigenvalue weighted by atomic mass is 10.1. The maximum absolute atomic E-state index is 12.5. The van der Waals surface area contributed by atoms with E-state index in [1.54, 1.807) is 37.3 Å². The number of aryl methyl sites for hydroxylation is 1. The normalized spacial score (nSPS) is 10.6. The number of carbonyl (C=O) groups excluding carboxylic acids is 2. The zero-order valence-corrected chi connectivity index (χ0v) is 13.7. The minimum Gasteiger partial charge on any atom is -0.366 e. The van der Waals surface area contributed by atoms with Crippen molar-refractivity contribution in [1.82, 2.24) is 4.57 Å². The van der Waals surface area contributed by atoms with E-state index in [9.17, 15) is 14.4 Å². The summed E-state index contributed by atoms with van der Waals surface area (Å²) in [6, 6.07) is 15.6. The van der Waals surface area contributed by atoms with E-state index in [4.69, 9.17) is 5.73 Å². The first-order chi connectivity index (χ1) is 12.0. The van der Waals surface area contributed by atoms with Crippen molar-refractivity contribution in [3.63, 3.8) is 0 Å². The second-order valence-electron chi connectivity index (χ2n) is 5.74. The van der Waals surface area contributed by atoms with Gasteiger partial charge in [0.2, 0.25) is 5.91 Å². The number of nitrogens with two attached hydrogens (primary N) is 1. The molecule has 0 atom stereocenters. The lowest BCUT2D eigenvalue weighted by Crippen LogP contribution is -2.29. The Morgan fingerprint density at radius 2 is 1.76 bits per heavy atom. The molecule has 0 aliphatic heterocycles. The molecule has 25 heavy (non-hydrogen) atoms. The average Bonchev–Trinajstić information content (AvgIpc) is 2.59. The molecule has 1 heterocycles. The topological polar surface area (TPSA) is 94.2 Å². The Kier molecular flexibility index (Phi) is 4.35. The number of benzene rings is 2. The third kappa shape index (κ3) is 3.28. The van der Waals surface area contributed by atoms with Gasteiger partial charge in [0.15, 0.2) is 0 Å². The Morgan fingerprint density at radius 1 is 1.08 bits per heavy atom. The minimum absolute atomic E-state index is 0.159. The van der Waals surface area contributed by atoms with Crippen LogP contribution in [0.15, 0.2) is 59.4 Å². The predicted molar refractivity (Wildman–Crippen MR) is 96.5 cm³/mol. The van der Waals surface area contributed by atoms with E-state index in [0.717, 1.165) is 5.39 Å². The summed E-state index contributed by atoms with van der Waals surface area (Å²) < 4.78 is 1.42. The first-order valence-electron chi connectivity index (χ1n) is 7.75. The fraction of sp³-hybridized carbons (Fsp3) is 0.105. The molecule has 0 radical (unpaired) electrons. The van der Waals surface area contributed by atoms with Crippen LogP contribution in [0.1, 0.15) is 15.9 Å². The van der Waals surface area contributed by atoms with Gasteiger partial charge in [-0.05, 0) is 36.6 Å². The molecule has 2 aromatic carbocycles. The van der Waals surface area contributed by atoms with Crippen molar-refractivity contribution in [3.05, 3.63) is 76.1 Å². The molecule has 3 N–H and O–H groups in total.